The molecule has 0 saturated carbocycles. The highest BCUT2D eigenvalue weighted by molar-refractivity contribution is 6.01. The third kappa shape index (κ3) is 8.19. The highest BCUT2D eigenvalue weighted by Crippen LogP contribution is 2.30. The normalized spacial score (nSPS) is 16.9. The van der Waals surface area contributed by atoms with Crippen molar-refractivity contribution in [1.29, 1.82) is 0 Å². The van der Waals surface area contributed by atoms with Crippen molar-refractivity contribution in [3.63, 3.8) is 0 Å². The minimum atomic E-state index is -4.66. The summed E-state index contributed by atoms with van der Waals surface area (Å²) in [5, 5.41) is 4.97. The van der Waals surface area contributed by atoms with Gasteiger partial charge in [-0.2, -0.15) is 13.2 Å². The van der Waals surface area contributed by atoms with Crippen molar-refractivity contribution in [1.82, 2.24) is 10.6 Å². The highest BCUT2D eigenvalue weighted by atomic mass is 19.4. The Kier molecular flexibility index (Phi) is 8.45. The van der Waals surface area contributed by atoms with Gasteiger partial charge in [-0.1, -0.05) is 30.3 Å². The van der Waals surface area contributed by atoms with Gasteiger partial charge < -0.3 is 20.3 Å². The molecule has 0 spiro atoms. The van der Waals surface area contributed by atoms with Crippen molar-refractivity contribution in [3.8, 4) is 0 Å². The summed E-state index contributed by atoms with van der Waals surface area (Å²) < 4.78 is 58.6. The van der Waals surface area contributed by atoms with Crippen molar-refractivity contribution in [2.75, 3.05) is 11.4 Å². The molecule has 1 heterocycles. The first-order chi connectivity index (χ1) is 17.2. The Morgan fingerprint density at radius 1 is 1.08 bits per heavy atom. The molecule has 0 radical (unpaired) electrons. The molecule has 0 bridgehead atoms. The number of alkyl halides is 3. The van der Waals surface area contributed by atoms with E-state index >= 15 is 0 Å². The van der Waals surface area contributed by atoms with Gasteiger partial charge in [0.1, 0.15) is 30.0 Å². The maximum absolute atomic E-state index is 13.3. The molecule has 3 amide bonds. The molecule has 0 aliphatic carbocycles. The van der Waals surface area contributed by atoms with E-state index in [1.807, 2.05) is 0 Å². The standard InChI is InChI=1S/C26H29F4N3O4/c1-25(2,3)37-24(36)32-20(14-16-8-11-18(27)12-9-16)22(34)31-19-13-10-17-6-4-5-7-21(17)33(23(19)35)15-26(28,29)30/h4-9,11-12,19-20H,10,13-15H2,1-3H3,(H,31,34)(H,32,36)/t19-,20-/m1/s1. The molecule has 1 aliphatic heterocycles. The second-order valence-corrected chi connectivity index (χ2v) is 9.80. The van der Waals surface area contributed by atoms with Crippen LogP contribution in [-0.4, -0.2) is 48.3 Å². The van der Waals surface area contributed by atoms with Crippen LogP contribution in [0.1, 0.15) is 38.3 Å². The van der Waals surface area contributed by atoms with E-state index in [4.69, 9.17) is 4.74 Å². The lowest BCUT2D eigenvalue weighted by Gasteiger charge is -2.28. The number of para-hydroxylation sites is 1. The van der Waals surface area contributed by atoms with Gasteiger partial charge in [0.2, 0.25) is 11.8 Å². The number of amides is 3. The average molecular weight is 524 g/mol. The fourth-order valence-electron chi connectivity index (χ4n) is 3.98. The number of nitrogens with zero attached hydrogens (tertiary/aromatic N) is 1. The number of carbonyl (C=O) groups is 3. The molecule has 2 aromatic carbocycles. The van der Waals surface area contributed by atoms with Crippen molar-refractivity contribution in [3.05, 3.63) is 65.5 Å². The van der Waals surface area contributed by atoms with E-state index in [2.05, 4.69) is 10.6 Å². The number of ether oxygens (including phenoxy) is 1. The first-order valence-corrected chi connectivity index (χ1v) is 11.7. The maximum atomic E-state index is 13.3. The van der Waals surface area contributed by atoms with Crippen LogP contribution < -0.4 is 15.5 Å². The van der Waals surface area contributed by atoms with Crippen LogP contribution in [-0.2, 0) is 27.2 Å². The number of nitrogens with one attached hydrogen (secondary N) is 2. The minimum Gasteiger partial charge on any atom is -0.444 e. The van der Waals surface area contributed by atoms with Crippen LogP contribution in [0.3, 0.4) is 0 Å². The van der Waals surface area contributed by atoms with E-state index in [1.165, 1.54) is 36.4 Å². The SMILES string of the molecule is CC(C)(C)OC(=O)N[C@H](Cc1ccc(F)cc1)C(=O)N[C@@H]1CCc2ccccc2N(CC(F)(F)F)C1=O. The minimum absolute atomic E-state index is 0.0612. The molecule has 0 fully saturated rings. The molecule has 37 heavy (non-hydrogen) atoms. The Labute approximate surface area is 212 Å². The van der Waals surface area contributed by atoms with E-state index in [9.17, 15) is 31.9 Å². The molecule has 7 nitrogen and oxygen atoms in total. The number of hydrogen-bond donors (Lipinski definition) is 2. The number of rotatable bonds is 6. The molecule has 2 atom stereocenters. The number of fused-ring (bicyclic) bond motifs is 1. The molecular formula is C26H29F4N3O4. The maximum Gasteiger partial charge on any atom is 0.408 e. The van der Waals surface area contributed by atoms with Crippen molar-refractivity contribution in [2.24, 2.45) is 0 Å². The van der Waals surface area contributed by atoms with Gasteiger partial charge in [0, 0.05) is 12.1 Å². The smallest absolute Gasteiger partial charge is 0.408 e. The van der Waals surface area contributed by atoms with Gasteiger partial charge in [-0.05, 0) is 62.9 Å². The second kappa shape index (κ2) is 11.2. The third-order valence-corrected chi connectivity index (χ3v) is 5.56. The van der Waals surface area contributed by atoms with E-state index in [-0.39, 0.29) is 24.9 Å². The lowest BCUT2D eigenvalue weighted by Crippen LogP contribution is -2.56. The highest BCUT2D eigenvalue weighted by Gasteiger charge is 2.39. The predicted molar refractivity (Wildman–Crippen MR) is 128 cm³/mol. The average Bonchev–Trinajstić information content (AvgIpc) is 2.90. The monoisotopic (exact) mass is 523 g/mol. The molecule has 0 aromatic heterocycles. The zero-order valence-electron chi connectivity index (χ0n) is 20.7. The summed E-state index contributed by atoms with van der Waals surface area (Å²) >= 11 is 0. The Hall–Kier alpha value is -3.63. The van der Waals surface area contributed by atoms with Crippen molar-refractivity contribution >= 4 is 23.6 Å². The summed E-state index contributed by atoms with van der Waals surface area (Å²) in [5.41, 5.74) is 0.334. The number of hydrogen-bond acceptors (Lipinski definition) is 4. The largest absolute Gasteiger partial charge is 0.444 e. The third-order valence-electron chi connectivity index (χ3n) is 5.56. The Bertz CT molecular complexity index is 1130. The number of carbonyl (C=O) groups excluding carboxylic acids is 3. The van der Waals surface area contributed by atoms with Crippen molar-refractivity contribution < 1.29 is 36.7 Å². The van der Waals surface area contributed by atoms with Crippen LogP contribution in [0, 0.1) is 5.82 Å². The lowest BCUT2D eigenvalue weighted by atomic mass is 10.0. The molecule has 0 saturated heterocycles. The lowest BCUT2D eigenvalue weighted by molar-refractivity contribution is -0.135. The van der Waals surface area contributed by atoms with Gasteiger partial charge in [-0.15, -0.1) is 0 Å². The van der Waals surface area contributed by atoms with E-state index < -0.39 is 54.1 Å². The van der Waals surface area contributed by atoms with Gasteiger partial charge in [-0.25, -0.2) is 9.18 Å². The molecule has 1 aliphatic rings. The zero-order chi connectivity index (χ0) is 27.4. The molecule has 11 heteroatoms. The summed E-state index contributed by atoms with van der Waals surface area (Å²) in [4.78, 5) is 39.5. The van der Waals surface area contributed by atoms with Gasteiger partial charge in [0.15, 0.2) is 0 Å². The van der Waals surface area contributed by atoms with E-state index in [1.54, 1.807) is 32.9 Å². The van der Waals surface area contributed by atoms with Crippen LogP contribution >= 0.6 is 0 Å². The summed E-state index contributed by atoms with van der Waals surface area (Å²) in [6, 6.07) is 9.03. The van der Waals surface area contributed by atoms with Gasteiger partial charge >= 0.3 is 12.3 Å². The van der Waals surface area contributed by atoms with Crippen LogP contribution in [0.4, 0.5) is 28.0 Å². The Balaban J connectivity index is 1.83. The van der Waals surface area contributed by atoms with Crippen LogP contribution in [0.2, 0.25) is 0 Å². The van der Waals surface area contributed by atoms with E-state index in [0.717, 1.165) is 0 Å². The molecule has 200 valence electrons. The quantitative estimate of drug-likeness (QED) is 0.554. The number of alkyl carbamates (subject to hydrolysis) is 1. The fourth-order valence-corrected chi connectivity index (χ4v) is 3.98. The Morgan fingerprint density at radius 3 is 2.35 bits per heavy atom. The van der Waals surface area contributed by atoms with Gasteiger partial charge in [-0.3, -0.25) is 9.59 Å². The fraction of sp³-hybridized carbons (Fsp3) is 0.423. The van der Waals surface area contributed by atoms with Crippen LogP contribution in [0.5, 0.6) is 0 Å². The number of aryl methyl sites for hydroxylation is 1. The Morgan fingerprint density at radius 2 is 1.73 bits per heavy atom. The summed E-state index contributed by atoms with van der Waals surface area (Å²) in [5.74, 6) is -2.18. The number of anilines is 1. The molecule has 0 unspecified atom stereocenters. The van der Waals surface area contributed by atoms with Crippen molar-refractivity contribution in [2.45, 2.75) is 63.9 Å². The number of benzene rings is 2. The molecule has 2 N–H and O–H groups in total. The van der Waals surface area contributed by atoms with Crippen LogP contribution in [0.25, 0.3) is 0 Å². The summed E-state index contributed by atoms with van der Waals surface area (Å²) in [6.07, 6.45) is -5.31. The molecule has 3 rings (SSSR count). The second-order valence-electron chi connectivity index (χ2n) is 9.80. The van der Waals surface area contributed by atoms with Gasteiger partial charge in [0.25, 0.3) is 0 Å². The predicted octanol–water partition coefficient (Wildman–Crippen LogP) is 4.29. The first-order valence-electron chi connectivity index (χ1n) is 11.7. The van der Waals surface area contributed by atoms with Crippen LogP contribution in [0.15, 0.2) is 48.5 Å². The molecular weight excluding hydrogens is 494 g/mol. The van der Waals surface area contributed by atoms with E-state index in [0.29, 0.717) is 16.0 Å². The summed E-state index contributed by atoms with van der Waals surface area (Å²) in [7, 11) is 0. The molecule has 2 aromatic rings. The number of halogens is 4. The summed E-state index contributed by atoms with van der Waals surface area (Å²) in [6.45, 7) is 3.40. The first kappa shape index (κ1) is 27.9. The zero-order valence-corrected chi connectivity index (χ0v) is 20.7. The van der Waals surface area contributed by atoms with Gasteiger partial charge in [0.05, 0.1) is 0 Å². The topological polar surface area (TPSA) is 87.7 Å².